The zero-order chi connectivity index (χ0) is 22.5. The van der Waals surface area contributed by atoms with Gasteiger partial charge in [0, 0.05) is 18.5 Å². The van der Waals surface area contributed by atoms with Gasteiger partial charge in [-0.25, -0.2) is 0 Å². The summed E-state index contributed by atoms with van der Waals surface area (Å²) in [5.41, 5.74) is 0.459. The maximum Gasteiger partial charge on any atom is 0.295 e. The van der Waals surface area contributed by atoms with Crippen LogP contribution in [0.15, 0.2) is 46.4 Å². The molecule has 0 radical (unpaired) electrons. The van der Waals surface area contributed by atoms with Crippen LogP contribution in [-0.4, -0.2) is 55.0 Å². The molecule has 0 spiro atoms. The number of furan rings is 1. The van der Waals surface area contributed by atoms with Crippen molar-refractivity contribution < 1.29 is 28.7 Å². The standard InChI is InChI=1S/C24H30N2O5/c1-5-25(6-2)13-8-14-26-21(19-12-11-16(3)31-19)20(23(28)24(26)29)22(27)17-9-7-10-18(15-17)30-4/h7,9-12,15,21,27H,5-6,8,13-14H2,1-4H3/p+1/b22-20+/t21-/m1/s1. The van der Waals surface area contributed by atoms with Crippen LogP contribution < -0.4 is 9.64 Å². The Balaban J connectivity index is 2.01. The second-order valence-corrected chi connectivity index (χ2v) is 7.73. The molecule has 7 nitrogen and oxygen atoms in total. The highest BCUT2D eigenvalue weighted by atomic mass is 16.5. The third kappa shape index (κ3) is 4.66. The number of nitrogens with one attached hydrogen (secondary N) is 1. The zero-order valence-electron chi connectivity index (χ0n) is 18.6. The van der Waals surface area contributed by atoms with Crippen molar-refractivity contribution in [2.75, 3.05) is 33.3 Å². The normalized spacial score (nSPS) is 18.2. The first-order valence-electron chi connectivity index (χ1n) is 10.7. The first kappa shape index (κ1) is 22.6. The molecule has 1 aliphatic heterocycles. The highest BCUT2D eigenvalue weighted by Gasteiger charge is 2.47. The molecule has 2 N–H and O–H groups in total. The fraction of sp³-hybridized carbons (Fsp3) is 0.417. The molecule has 2 aromatic rings. The lowest BCUT2D eigenvalue weighted by Crippen LogP contribution is -3.11. The van der Waals surface area contributed by atoms with Crippen molar-refractivity contribution in [1.82, 2.24) is 4.90 Å². The van der Waals surface area contributed by atoms with Crippen LogP contribution >= 0.6 is 0 Å². The monoisotopic (exact) mass is 427 g/mol. The van der Waals surface area contributed by atoms with E-state index in [9.17, 15) is 14.7 Å². The van der Waals surface area contributed by atoms with Crippen LogP contribution in [0.4, 0.5) is 0 Å². The molecule has 0 unspecified atom stereocenters. The minimum absolute atomic E-state index is 0.0442. The Kier molecular flexibility index (Phi) is 7.17. The van der Waals surface area contributed by atoms with E-state index in [1.807, 2.05) is 6.92 Å². The van der Waals surface area contributed by atoms with Crippen LogP contribution in [0.3, 0.4) is 0 Å². The Morgan fingerprint density at radius 2 is 1.94 bits per heavy atom. The van der Waals surface area contributed by atoms with E-state index in [4.69, 9.17) is 9.15 Å². The van der Waals surface area contributed by atoms with Gasteiger partial charge < -0.3 is 24.1 Å². The number of nitrogens with zero attached hydrogens (tertiary/aromatic N) is 1. The van der Waals surface area contributed by atoms with Crippen LogP contribution in [0.2, 0.25) is 0 Å². The number of aliphatic hydroxyl groups is 1. The summed E-state index contributed by atoms with van der Waals surface area (Å²) in [5, 5.41) is 11.1. The van der Waals surface area contributed by atoms with Gasteiger partial charge in [-0.2, -0.15) is 0 Å². The molecular weight excluding hydrogens is 396 g/mol. The first-order valence-corrected chi connectivity index (χ1v) is 10.7. The van der Waals surface area contributed by atoms with Gasteiger partial charge in [-0.05, 0) is 45.0 Å². The van der Waals surface area contributed by atoms with Gasteiger partial charge in [-0.3, -0.25) is 9.59 Å². The van der Waals surface area contributed by atoms with E-state index in [1.165, 1.54) is 16.9 Å². The number of amides is 1. The second-order valence-electron chi connectivity index (χ2n) is 7.73. The summed E-state index contributed by atoms with van der Waals surface area (Å²) in [6, 6.07) is 9.58. The van der Waals surface area contributed by atoms with E-state index in [0.29, 0.717) is 29.4 Å². The van der Waals surface area contributed by atoms with Crippen molar-refractivity contribution in [2.45, 2.75) is 33.2 Å². The molecule has 1 aliphatic rings. The van der Waals surface area contributed by atoms with Crippen LogP contribution in [0, 0.1) is 6.92 Å². The summed E-state index contributed by atoms with van der Waals surface area (Å²) in [7, 11) is 1.53. The largest absolute Gasteiger partial charge is 0.507 e. The van der Waals surface area contributed by atoms with Crippen molar-refractivity contribution in [1.29, 1.82) is 0 Å². The molecule has 3 rings (SSSR count). The Labute approximate surface area is 182 Å². The van der Waals surface area contributed by atoms with E-state index in [2.05, 4.69) is 13.8 Å². The predicted octanol–water partition coefficient (Wildman–Crippen LogP) is 2.33. The number of rotatable bonds is 9. The van der Waals surface area contributed by atoms with E-state index in [1.54, 1.807) is 36.4 Å². The topological polar surface area (TPSA) is 84.4 Å². The van der Waals surface area contributed by atoms with Gasteiger partial charge in [0.2, 0.25) is 0 Å². The van der Waals surface area contributed by atoms with E-state index in [0.717, 1.165) is 26.1 Å². The first-order chi connectivity index (χ1) is 14.9. The van der Waals surface area contributed by atoms with Gasteiger partial charge in [0.25, 0.3) is 11.7 Å². The van der Waals surface area contributed by atoms with Gasteiger partial charge in [0.15, 0.2) is 0 Å². The van der Waals surface area contributed by atoms with E-state index in [-0.39, 0.29) is 11.3 Å². The van der Waals surface area contributed by atoms with Crippen LogP contribution in [0.1, 0.15) is 43.4 Å². The summed E-state index contributed by atoms with van der Waals surface area (Å²) in [5.74, 6) is 0.150. The van der Waals surface area contributed by atoms with Gasteiger partial charge >= 0.3 is 0 Å². The van der Waals surface area contributed by atoms with Crippen molar-refractivity contribution in [3.05, 3.63) is 59.1 Å². The number of benzene rings is 1. The number of aryl methyl sites for hydroxylation is 1. The molecule has 0 aliphatic carbocycles. The quantitative estimate of drug-likeness (QED) is 0.365. The summed E-state index contributed by atoms with van der Waals surface area (Å²) >= 11 is 0. The average Bonchev–Trinajstić information content (AvgIpc) is 3.32. The fourth-order valence-electron chi connectivity index (χ4n) is 4.04. The number of hydrogen-bond acceptors (Lipinski definition) is 5. The zero-order valence-corrected chi connectivity index (χ0v) is 18.6. The van der Waals surface area contributed by atoms with Crippen molar-refractivity contribution in [3.63, 3.8) is 0 Å². The molecule has 1 fully saturated rings. The number of hydrogen-bond donors (Lipinski definition) is 2. The minimum Gasteiger partial charge on any atom is -0.507 e. The van der Waals surface area contributed by atoms with E-state index >= 15 is 0 Å². The lowest BCUT2D eigenvalue weighted by molar-refractivity contribution is -0.896. The molecule has 0 bridgehead atoms. The number of carbonyl (C=O) groups is 2. The third-order valence-corrected chi connectivity index (χ3v) is 5.84. The molecule has 2 heterocycles. The second kappa shape index (κ2) is 9.83. The van der Waals surface area contributed by atoms with Crippen molar-refractivity contribution in [2.24, 2.45) is 0 Å². The predicted molar refractivity (Wildman–Crippen MR) is 117 cm³/mol. The number of ether oxygens (including phenoxy) is 1. The molecule has 1 saturated heterocycles. The SMILES string of the molecule is CC[NH+](CC)CCCN1C(=O)C(=O)/C(=C(/O)c2cccc(OC)c2)[C@H]1c1ccc(C)o1. The maximum absolute atomic E-state index is 13.0. The highest BCUT2D eigenvalue weighted by molar-refractivity contribution is 6.46. The van der Waals surface area contributed by atoms with Crippen LogP contribution in [-0.2, 0) is 9.59 Å². The third-order valence-electron chi connectivity index (χ3n) is 5.84. The lowest BCUT2D eigenvalue weighted by Gasteiger charge is -2.24. The summed E-state index contributed by atoms with van der Waals surface area (Å²) in [6.07, 6.45) is 0.749. The number of quaternary nitrogens is 1. The number of carbonyl (C=O) groups excluding carboxylic acids is 2. The van der Waals surface area contributed by atoms with Gasteiger partial charge in [-0.15, -0.1) is 0 Å². The Hall–Kier alpha value is -3.06. The van der Waals surface area contributed by atoms with Gasteiger partial charge in [0.05, 0.1) is 32.3 Å². The Morgan fingerprint density at radius 3 is 2.55 bits per heavy atom. The smallest absolute Gasteiger partial charge is 0.295 e. The lowest BCUT2D eigenvalue weighted by atomic mass is 9.99. The summed E-state index contributed by atoms with van der Waals surface area (Å²) in [6.45, 7) is 9.39. The van der Waals surface area contributed by atoms with Crippen LogP contribution in [0.5, 0.6) is 5.75 Å². The molecule has 0 saturated carbocycles. The number of ketones is 1. The van der Waals surface area contributed by atoms with Crippen LogP contribution in [0.25, 0.3) is 5.76 Å². The molecular formula is C24H31N2O5+. The Morgan fingerprint density at radius 1 is 1.19 bits per heavy atom. The maximum atomic E-state index is 13.0. The van der Waals surface area contributed by atoms with E-state index < -0.39 is 17.7 Å². The summed E-state index contributed by atoms with van der Waals surface area (Å²) < 4.78 is 11.0. The molecule has 1 amide bonds. The number of Topliss-reactive ketones (excluding diaryl/α,β-unsaturated/α-hetero) is 1. The molecule has 1 aromatic heterocycles. The van der Waals surface area contributed by atoms with Gasteiger partial charge in [0.1, 0.15) is 29.1 Å². The van der Waals surface area contributed by atoms with Crippen molar-refractivity contribution >= 4 is 17.4 Å². The molecule has 1 aromatic carbocycles. The number of methoxy groups -OCH3 is 1. The number of aliphatic hydroxyl groups excluding tert-OH is 1. The highest BCUT2D eigenvalue weighted by Crippen LogP contribution is 2.40. The molecule has 7 heteroatoms. The molecule has 166 valence electrons. The minimum atomic E-state index is -0.758. The molecule has 1 atom stereocenters. The van der Waals surface area contributed by atoms with Gasteiger partial charge in [-0.1, -0.05) is 12.1 Å². The fourth-order valence-corrected chi connectivity index (χ4v) is 4.04. The van der Waals surface area contributed by atoms with Crippen molar-refractivity contribution in [3.8, 4) is 5.75 Å². The number of likely N-dealkylation sites (tertiary alicyclic amines) is 1. The Bertz CT molecular complexity index is 974. The average molecular weight is 428 g/mol. The molecule has 31 heavy (non-hydrogen) atoms. The summed E-state index contributed by atoms with van der Waals surface area (Å²) in [4.78, 5) is 28.9.